The lowest BCUT2D eigenvalue weighted by molar-refractivity contribution is 0.556. The predicted octanol–water partition coefficient (Wildman–Crippen LogP) is 3.75. The molecule has 0 bridgehead atoms. The van der Waals surface area contributed by atoms with E-state index in [1.54, 1.807) is 0 Å². The summed E-state index contributed by atoms with van der Waals surface area (Å²) in [5, 5.41) is 11.4. The maximum absolute atomic E-state index is 3.92. The molecule has 4 heteroatoms. The van der Waals surface area contributed by atoms with E-state index in [1.807, 2.05) is 16.8 Å². The molecule has 0 radical (unpaired) electrons. The minimum Gasteiger partial charge on any atom is -0.230 e. The highest BCUT2D eigenvalue weighted by atomic mass is 15.5. The van der Waals surface area contributed by atoms with Crippen LogP contribution in [0.5, 0.6) is 0 Å². The van der Waals surface area contributed by atoms with Crippen molar-refractivity contribution in [1.29, 1.82) is 0 Å². The number of nitrogens with zero attached hydrogens (tertiary/aromatic N) is 4. The molecule has 0 amide bonds. The van der Waals surface area contributed by atoms with Crippen molar-refractivity contribution >= 4 is 0 Å². The van der Waals surface area contributed by atoms with E-state index in [0.29, 0.717) is 0 Å². The van der Waals surface area contributed by atoms with E-state index >= 15 is 0 Å². The molecule has 0 unspecified atom stereocenters. The molecule has 1 aliphatic rings. The summed E-state index contributed by atoms with van der Waals surface area (Å²) in [7, 11) is 0. The van der Waals surface area contributed by atoms with Gasteiger partial charge >= 0.3 is 0 Å². The summed E-state index contributed by atoms with van der Waals surface area (Å²) < 4.78 is 1.91. The highest BCUT2D eigenvalue weighted by Crippen LogP contribution is 2.17. The predicted molar refractivity (Wildman–Crippen MR) is 87.3 cm³/mol. The Kier molecular flexibility index (Phi) is 4.92. The molecule has 22 heavy (non-hydrogen) atoms. The smallest absolute Gasteiger partial charge is 0.151 e. The van der Waals surface area contributed by atoms with Crippen LogP contribution < -0.4 is 0 Å². The van der Waals surface area contributed by atoms with Crippen molar-refractivity contribution in [3.05, 3.63) is 66.5 Å². The molecule has 4 rings (SSSR count). The van der Waals surface area contributed by atoms with Crippen LogP contribution in [0.3, 0.4) is 0 Å². The summed E-state index contributed by atoms with van der Waals surface area (Å²) in [6.45, 7) is 1.00. The lowest BCUT2D eigenvalue weighted by Crippen LogP contribution is -2.02. The normalized spacial score (nSPS) is 13.5. The van der Waals surface area contributed by atoms with Gasteiger partial charge in [0.05, 0.1) is 0 Å². The summed E-state index contributed by atoms with van der Waals surface area (Å²) >= 11 is 0. The highest BCUT2D eigenvalue weighted by molar-refractivity contribution is 5.62. The fourth-order valence-electron chi connectivity index (χ4n) is 2.56. The van der Waals surface area contributed by atoms with Crippen LogP contribution in [-0.2, 0) is 13.0 Å². The zero-order chi connectivity index (χ0) is 15.0. The molecule has 0 fully saturated rings. The molecule has 112 valence electrons. The second kappa shape index (κ2) is 7.50. The molecule has 0 saturated heterocycles. The van der Waals surface area contributed by atoms with E-state index in [0.717, 1.165) is 18.8 Å². The highest BCUT2D eigenvalue weighted by Gasteiger charge is 2.08. The first kappa shape index (κ1) is 14.4. The van der Waals surface area contributed by atoms with Crippen molar-refractivity contribution in [3.8, 4) is 11.1 Å². The van der Waals surface area contributed by atoms with E-state index in [4.69, 9.17) is 0 Å². The molecule has 2 heterocycles. The Labute approximate surface area is 130 Å². The summed E-state index contributed by atoms with van der Waals surface area (Å²) in [5.74, 6) is 1.05. The third-order valence-electron chi connectivity index (χ3n) is 3.76. The van der Waals surface area contributed by atoms with Crippen LogP contribution in [-0.4, -0.2) is 20.2 Å². The number of tetrazole rings is 1. The van der Waals surface area contributed by atoms with Gasteiger partial charge < -0.3 is 0 Å². The third-order valence-corrected chi connectivity index (χ3v) is 3.76. The van der Waals surface area contributed by atoms with E-state index in [2.05, 4.69) is 64.1 Å². The van der Waals surface area contributed by atoms with Crippen LogP contribution in [0.15, 0.2) is 60.7 Å². The zero-order valence-corrected chi connectivity index (χ0v) is 12.6. The first-order valence-electron chi connectivity index (χ1n) is 7.79. The van der Waals surface area contributed by atoms with E-state index in [1.165, 1.54) is 30.4 Å². The average molecular weight is 292 g/mol. The SMILES string of the molecule is C1CCc2nnnn2CC1.c1ccc(-c2ccccc2)cc1. The van der Waals surface area contributed by atoms with Crippen LogP contribution in [0.2, 0.25) is 0 Å². The van der Waals surface area contributed by atoms with Crippen LogP contribution in [0.1, 0.15) is 25.1 Å². The van der Waals surface area contributed by atoms with Crippen LogP contribution in [0.4, 0.5) is 0 Å². The molecule has 4 nitrogen and oxygen atoms in total. The standard InChI is InChI=1S/C12H10.C6H10N4/c1-3-7-11(8-4-1)12-9-5-2-6-10-12;1-2-4-6-7-8-9-10(6)5-3-1/h1-10H;1-5H2. The number of aryl methyl sites for hydroxylation is 2. The van der Waals surface area contributed by atoms with Gasteiger partial charge in [-0.3, -0.25) is 0 Å². The van der Waals surface area contributed by atoms with Gasteiger partial charge in [-0.1, -0.05) is 67.1 Å². The first-order chi connectivity index (χ1) is 10.9. The van der Waals surface area contributed by atoms with Gasteiger partial charge in [0.25, 0.3) is 0 Å². The summed E-state index contributed by atoms with van der Waals surface area (Å²) in [4.78, 5) is 0. The van der Waals surface area contributed by atoms with Gasteiger partial charge in [0.15, 0.2) is 5.82 Å². The molecule has 1 aromatic heterocycles. The molecule has 0 spiro atoms. The van der Waals surface area contributed by atoms with E-state index in [9.17, 15) is 0 Å². The Morgan fingerprint density at radius 3 is 2.00 bits per heavy atom. The van der Waals surface area contributed by atoms with Crippen molar-refractivity contribution in [2.24, 2.45) is 0 Å². The van der Waals surface area contributed by atoms with Gasteiger partial charge in [-0.15, -0.1) is 5.10 Å². The summed E-state index contributed by atoms with van der Waals surface area (Å²) in [6.07, 6.45) is 4.80. The van der Waals surface area contributed by atoms with Crippen LogP contribution in [0.25, 0.3) is 11.1 Å². The lowest BCUT2D eigenvalue weighted by Gasteiger charge is -1.98. The number of aromatic nitrogens is 4. The fourth-order valence-corrected chi connectivity index (χ4v) is 2.56. The largest absolute Gasteiger partial charge is 0.230 e. The molecule has 0 N–H and O–H groups in total. The van der Waals surface area contributed by atoms with Crippen molar-refractivity contribution in [2.75, 3.05) is 0 Å². The third kappa shape index (κ3) is 3.79. The number of fused-ring (bicyclic) bond motifs is 1. The Bertz CT molecular complexity index is 619. The van der Waals surface area contributed by atoms with Crippen molar-refractivity contribution in [1.82, 2.24) is 20.2 Å². The minimum atomic E-state index is 1.00. The van der Waals surface area contributed by atoms with E-state index < -0.39 is 0 Å². The zero-order valence-electron chi connectivity index (χ0n) is 12.6. The van der Waals surface area contributed by atoms with Crippen LogP contribution >= 0.6 is 0 Å². The van der Waals surface area contributed by atoms with E-state index in [-0.39, 0.29) is 0 Å². The van der Waals surface area contributed by atoms with Gasteiger partial charge in [0, 0.05) is 13.0 Å². The molecular weight excluding hydrogens is 272 g/mol. The second-order valence-electron chi connectivity index (χ2n) is 5.36. The Balaban J connectivity index is 0.000000133. The van der Waals surface area contributed by atoms with Gasteiger partial charge in [-0.25, -0.2) is 4.68 Å². The Morgan fingerprint density at radius 1 is 0.727 bits per heavy atom. The minimum absolute atomic E-state index is 1.00. The average Bonchev–Trinajstić information content (AvgIpc) is 2.93. The summed E-state index contributed by atoms with van der Waals surface area (Å²) in [5.41, 5.74) is 2.55. The second-order valence-corrected chi connectivity index (χ2v) is 5.36. The van der Waals surface area contributed by atoms with Crippen molar-refractivity contribution < 1.29 is 0 Å². The number of hydrogen-bond acceptors (Lipinski definition) is 3. The van der Waals surface area contributed by atoms with Gasteiger partial charge in [0.2, 0.25) is 0 Å². The van der Waals surface area contributed by atoms with Gasteiger partial charge in [0.1, 0.15) is 0 Å². The summed E-state index contributed by atoms with van der Waals surface area (Å²) in [6, 6.07) is 20.8. The Hall–Kier alpha value is -2.49. The fraction of sp³-hybridized carbons (Fsp3) is 0.278. The lowest BCUT2D eigenvalue weighted by atomic mass is 10.1. The quantitative estimate of drug-likeness (QED) is 0.686. The Morgan fingerprint density at radius 2 is 1.36 bits per heavy atom. The molecule has 0 aliphatic carbocycles. The first-order valence-corrected chi connectivity index (χ1v) is 7.79. The van der Waals surface area contributed by atoms with Crippen molar-refractivity contribution in [3.63, 3.8) is 0 Å². The number of hydrogen-bond donors (Lipinski definition) is 0. The number of benzene rings is 2. The molecular formula is C18H20N4. The maximum atomic E-state index is 3.92. The van der Waals surface area contributed by atoms with Crippen molar-refractivity contribution in [2.45, 2.75) is 32.2 Å². The number of rotatable bonds is 1. The van der Waals surface area contributed by atoms with Gasteiger partial charge in [-0.2, -0.15) is 0 Å². The topological polar surface area (TPSA) is 43.6 Å². The van der Waals surface area contributed by atoms with Crippen LogP contribution in [0, 0.1) is 0 Å². The molecule has 0 atom stereocenters. The van der Waals surface area contributed by atoms with Gasteiger partial charge in [-0.05, 0) is 34.4 Å². The maximum Gasteiger partial charge on any atom is 0.151 e. The molecule has 1 aliphatic heterocycles. The monoisotopic (exact) mass is 292 g/mol. The molecule has 0 saturated carbocycles. The molecule has 2 aromatic carbocycles. The molecule has 3 aromatic rings.